The molecular weight excluding hydrogens is 347 g/mol. The van der Waals surface area contributed by atoms with Crippen molar-refractivity contribution in [3.63, 3.8) is 0 Å². The van der Waals surface area contributed by atoms with Gasteiger partial charge in [0, 0.05) is 12.6 Å². The van der Waals surface area contributed by atoms with E-state index in [1.54, 1.807) is 26.4 Å². The van der Waals surface area contributed by atoms with Gasteiger partial charge in [0.2, 0.25) is 0 Å². The van der Waals surface area contributed by atoms with Crippen LogP contribution in [0.5, 0.6) is 17.2 Å². The van der Waals surface area contributed by atoms with Gasteiger partial charge in [-0.15, -0.1) is 0 Å². The molecule has 1 atom stereocenters. The van der Waals surface area contributed by atoms with Crippen molar-refractivity contribution in [1.82, 2.24) is 5.32 Å². The fraction of sp³-hybridized carbons (Fsp3) is 0.368. The molecule has 7 heteroatoms. The van der Waals surface area contributed by atoms with Gasteiger partial charge in [0.05, 0.1) is 14.2 Å². The van der Waals surface area contributed by atoms with E-state index in [0.717, 1.165) is 11.1 Å². The summed E-state index contributed by atoms with van der Waals surface area (Å²) in [7, 11) is 3.15. The first-order valence-electron chi connectivity index (χ1n) is 8.06. The van der Waals surface area contributed by atoms with Crippen LogP contribution in [-0.2, 0) is 6.54 Å². The van der Waals surface area contributed by atoms with Gasteiger partial charge in [0.25, 0.3) is 0 Å². The average molecular weight is 369 g/mol. The van der Waals surface area contributed by atoms with E-state index in [-0.39, 0.29) is 11.8 Å². The predicted octanol–water partition coefficient (Wildman–Crippen LogP) is 4.50. The van der Waals surface area contributed by atoms with Gasteiger partial charge in [-0.2, -0.15) is 13.2 Å². The van der Waals surface area contributed by atoms with Gasteiger partial charge in [-0.05, 0) is 42.3 Å². The Kier molecular flexibility index (Phi) is 6.74. The van der Waals surface area contributed by atoms with Crippen LogP contribution in [0.4, 0.5) is 13.2 Å². The van der Waals surface area contributed by atoms with Gasteiger partial charge in [0.15, 0.2) is 18.1 Å². The average Bonchev–Trinajstić information content (AvgIpc) is 2.63. The summed E-state index contributed by atoms with van der Waals surface area (Å²) in [6, 6.07) is 12.3. The summed E-state index contributed by atoms with van der Waals surface area (Å²) >= 11 is 0. The zero-order valence-corrected chi connectivity index (χ0v) is 14.9. The minimum absolute atomic E-state index is 0.00885. The van der Waals surface area contributed by atoms with Crippen LogP contribution in [0.1, 0.15) is 24.1 Å². The Labute approximate surface area is 150 Å². The molecule has 4 nitrogen and oxygen atoms in total. The molecule has 0 saturated heterocycles. The Morgan fingerprint density at radius 1 is 1.00 bits per heavy atom. The monoisotopic (exact) mass is 369 g/mol. The molecule has 26 heavy (non-hydrogen) atoms. The van der Waals surface area contributed by atoms with Crippen molar-refractivity contribution in [2.45, 2.75) is 25.7 Å². The number of methoxy groups -OCH3 is 2. The molecule has 142 valence electrons. The molecule has 0 spiro atoms. The summed E-state index contributed by atoms with van der Waals surface area (Å²) in [4.78, 5) is 0. The number of ether oxygens (including phenoxy) is 3. The van der Waals surface area contributed by atoms with Gasteiger partial charge in [0.1, 0.15) is 5.75 Å². The van der Waals surface area contributed by atoms with Crippen molar-refractivity contribution in [1.29, 1.82) is 0 Å². The summed E-state index contributed by atoms with van der Waals surface area (Å²) in [5.74, 6) is 1.49. The quantitative estimate of drug-likeness (QED) is 0.744. The highest BCUT2D eigenvalue weighted by Gasteiger charge is 2.28. The fourth-order valence-electron chi connectivity index (χ4n) is 2.42. The maximum Gasteiger partial charge on any atom is 0.422 e. The molecule has 1 unspecified atom stereocenters. The number of rotatable bonds is 8. The van der Waals surface area contributed by atoms with Crippen molar-refractivity contribution in [2.75, 3.05) is 20.8 Å². The molecule has 0 fully saturated rings. The number of hydrogen-bond acceptors (Lipinski definition) is 4. The van der Waals surface area contributed by atoms with Crippen LogP contribution in [0.15, 0.2) is 42.5 Å². The zero-order valence-electron chi connectivity index (χ0n) is 14.9. The molecule has 2 aromatic carbocycles. The summed E-state index contributed by atoms with van der Waals surface area (Å²) in [6.07, 6.45) is -4.35. The normalized spacial score (nSPS) is 12.5. The van der Waals surface area contributed by atoms with E-state index < -0.39 is 12.8 Å². The maximum atomic E-state index is 12.2. The van der Waals surface area contributed by atoms with E-state index in [1.807, 2.05) is 31.2 Å². The summed E-state index contributed by atoms with van der Waals surface area (Å²) in [6.45, 7) is 1.18. The molecule has 0 radical (unpaired) electrons. The number of benzene rings is 2. The Bertz CT molecular complexity index is 719. The largest absolute Gasteiger partial charge is 0.493 e. The molecule has 0 aromatic heterocycles. The lowest BCUT2D eigenvalue weighted by Crippen LogP contribution is -2.20. The number of nitrogens with one attached hydrogen (secondary N) is 1. The zero-order chi connectivity index (χ0) is 19.2. The van der Waals surface area contributed by atoms with Crippen LogP contribution in [0.25, 0.3) is 0 Å². The second-order valence-corrected chi connectivity index (χ2v) is 5.77. The minimum Gasteiger partial charge on any atom is -0.493 e. The SMILES string of the molecule is COc1ccc(C(C)NCc2cccc(OCC(F)(F)F)c2)cc1OC. The van der Waals surface area contributed by atoms with Gasteiger partial charge in [-0.25, -0.2) is 0 Å². The van der Waals surface area contributed by atoms with Crippen LogP contribution in [0.3, 0.4) is 0 Å². The smallest absolute Gasteiger partial charge is 0.422 e. The van der Waals surface area contributed by atoms with Crippen molar-refractivity contribution in [3.8, 4) is 17.2 Å². The van der Waals surface area contributed by atoms with Crippen LogP contribution in [0.2, 0.25) is 0 Å². The summed E-state index contributed by atoms with van der Waals surface area (Å²) in [5.41, 5.74) is 1.84. The predicted molar refractivity (Wildman–Crippen MR) is 92.8 cm³/mol. The maximum absolute atomic E-state index is 12.2. The lowest BCUT2D eigenvalue weighted by molar-refractivity contribution is -0.153. The molecular formula is C19H22F3NO3. The van der Waals surface area contributed by atoms with E-state index in [1.165, 1.54) is 6.07 Å². The molecule has 0 aliphatic heterocycles. The molecule has 0 heterocycles. The molecule has 2 aromatic rings. The van der Waals surface area contributed by atoms with Gasteiger partial charge < -0.3 is 19.5 Å². The van der Waals surface area contributed by atoms with Gasteiger partial charge >= 0.3 is 6.18 Å². The Morgan fingerprint density at radius 3 is 2.38 bits per heavy atom. The Hall–Kier alpha value is -2.41. The standard InChI is InChI=1S/C19H22F3NO3/c1-13(15-7-8-17(24-2)18(10-15)25-3)23-11-14-5-4-6-16(9-14)26-12-19(20,21)22/h4-10,13,23H,11-12H2,1-3H3. The van der Waals surface area contributed by atoms with E-state index >= 15 is 0 Å². The lowest BCUT2D eigenvalue weighted by atomic mass is 10.1. The van der Waals surface area contributed by atoms with Crippen LogP contribution < -0.4 is 19.5 Å². The highest BCUT2D eigenvalue weighted by molar-refractivity contribution is 5.43. The summed E-state index contributed by atoms with van der Waals surface area (Å²) in [5, 5.41) is 3.33. The van der Waals surface area contributed by atoms with Crippen LogP contribution >= 0.6 is 0 Å². The van der Waals surface area contributed by atoms with Crippen molar-refractivity contribution in [3.05, 3.63) is 53.6 Å². The van der Waals surface area contributed by atoms with E-state index in [0.29, 0.717) is 18.0 Å². The Morgan fingerprint density at radius 2 is 1.73 bits per heavy atom. The second kappa shape index (κ2) is 8.80. The third kappa shape index (κ3) is 5.84. The van der Waals surface area contributed by atoms with Crippen molar-refractivity contribution < 1.29 is 27.4 Å². The fourth-order valence-corrected chi connectivity index (χ4v) is 2.42. The van der Waals surface area contributed by atoms with Crippen LogP contribution in [0, 0.1) is 0 Å². The van der Waals surface area contributed by atoms with Gasteiger partial charge in [-0.1, -0.05) is 18.2 Å². The second-order valence-electron chi connectivity index (χ2n) is 5.77. The molecule has 0 aliphatic rings. The third-order valence-electron chi connectivity index (χ3n) is 3.82. The molecule has 2 rings (SSSR count). The first-order chi connectivity index (χ1) is 12.3. The minimum atomic E-state index is -4.35. The number of halogens is 3. The van der Waals surface area contributed by atoms with Crippen molar-refractivity contribution >= 4 is 0 Å². The highest BCUT2D eigenvalue weighted by atomic mass is 19.4. The Balaban J connectivity index is 1.98. The van der Waals surface area contributed by atoms with E-state index in [9.17, 15) is 13.2 Å². The van der Waals surface area contributed by atoms with E-state index in [2.05, 4.69) is 5.32 Å². The molecule has 1 N–H and O–H groups in total. The van der Waals surface area contributed by atoms with Crippen LogP contribution in [-0.4, -0.2) is 27.0 Å². The summed E-state index contributed by atoms with van der Waals surface area (Å²) < 4.78 is 52.0. The van der Waals surface area contributed by atoms with E-state index in [4.69, 9.17) is 14.2 Å². The number of hydrogen-bond donors (Lipinski definition) is 1. The third-order valence-corrected chi connectivity index (χ3v) is 3.82. The molecule has 0 saturated carbocycles. The first-order valence-corrected chi connectivity index (χ1v) is 8.06. The topological polar surface area (TPSA) is 39.7 Å². The molecule has 0 aliphatic carbocycles. The lowest BCUT2D eigenvalue weighted by Gasteiger charge is -2.17. The highest BCUT2D eigenvalue weighted by Crippen LogP contribution is 2.30. The number of alkyl halides is 3. The molecule has 0 bridgehead atoms. The van der Waals surface area contributed by atoms with Crippen molar-refractivity contribution in [2.24, 2.45) is 0 Å². The van der Waals surface area contributed by atoms with Gasteiger partial charge in [-0.3, -0.25) is 0 Å². The molecule has 0 amide bonds. The first kappa shape index (κ1) is 19.9.